The van der Waals surface area contributed by atoms with Crippen molar-refractivity contribution in [3.05, 3.63) is 65.7 Å². The molecule has 2 N–H and O–H groups in total. The molecule has 0 amide bonds. The Hall–Kier alpha value is -1.80. The van der Waals surface area contributed by atoms with Gasteiger partial charge in [-0.1, -0.05) is 42.5 Å². The molecule has 100 valence electrons. The second-order valence-electron chi connectivity index (χ2n) is 5.07. The number of aromatic hydroxyl groups is 1. The topological polar surface area (TPSA) is 32.3 Å². The fraction of sp³-hybridized carbons (Fsp3) is 0.294. The lowest BCUT2D eigenvalue weighted by molar-refractivity contribution is 0.470. The Morgan fingerprint density at radius 3 is 2.21 bits per heavy atom. The van der Waals surface area contributed by atoms with Crippen LogP contribution in [0.1, 0.15) is 31.0 Å². The normalized spacial score (nSPS) is 14.0. The van der Waals surface area contributed by atoms with Crippen molar-refractivity contribution in [1.82, 2.24) is 5.32 Å². The summed E-state index contributed by atoms with van der Waals surface area (Å²) in [6, 6.07) is 18.6. The molecule has 2 aromatic carbocycles. The number of rotatable bonds is 5. The lowest BCUT2D eigenvalue weighted by Crippen LogP contribution is -2.30. The number of hydrogen-bond acceptors (Lipinski definition) is 2. The first kappa shape index (κ1) is 13.6. The molecule has 1 unspecified atom stereocenters. The zero-order valence-electron chi connectivity index (χ0n) is 11.5. The number of nitrogens with one attached hydrogen (secondary N) is 1. The van der Waals surface area contributed by atoms with Gasteiger partial charge in [-0.25, -0.2) is 0 Å². The van der Waals surface area contributed by atoms with E-state index in [1.807, 2.05) is 18.2 Å². The minimum absolute atomic E-state index is 0.321. The highest BCUT2D eigenvalue weighted by Gasteiger charge is 2.09. The van der Waals surface area contributed by atoms with Crippen molar-refractivity contribution in [3.8, 4) is 5.75 Å². The van der Waals surface area contributed by atoms with Gasteiger partial charge in [0.2, 0.25) is 0 Å². The van der Waals surface area contributed by atoms with Crippen LogP contribution >= 0.6 is 0 Å². The van der Waals surface area contributed by atoms with E-state index in [9.17, 15) is 5.11 Å². The van der Waals surface area contributed by atoms with Gasteiger partial charge in [-0.05, 0) is 43.5 Å². The van der Waals surface area contributed by atoms with E-state index in [4.69, 9.17) is 0 Å². The highest BCUT2D eigenvalue weighted by atomic mass is 16.3. The smallest absolute Gasteiger partial charge is 0.115 e. The zero-order valence-corrected chi connectivity index (χ0v) is 11.5. The Morgan fingerprint density at radius 1 is 0.947 bits per heavy atom. The lowest BCUT2D eigenvalue weighted by Gasteiger charge is -2.20. The second-order valence-corrected chi connectivity index (χ2v) is 5.07. The predicted molar refractivity (Wildman–Crippen MR) is 79.3 cm³/mol. The van der Waals surface area contributed by atoms with Crippen LogP contribution in [-0.2, 0) is 6.42 Å². The highest BCUT2D eigenvalue weighted by Crippen LogP contribution is 2.15. The van der Waals surface area contributed by atoms with Gasteiger partial charge in [0.15, 0.2) is 0 Å². The van der Waals surface area contributed by atoms with Crippen molar-refractivity contribution >= 4 is 0 Å². The molecule has 0 aliphatic carbocycles. The Bertz CT molecular complexity index is 492. The Morgan fingerprint density at radius 2 is 1.58 bits per heavy atom. The number of hydrogen-bond donors (Lipinski definition) is 2. The molecule has 0 aliphatic rings. The van der Waals surface area contributed by atoms with Crippen molar-refractivity contribution < 1.29 is 5.11 Å². The van der Waals surface area contributed by atoms with Crippen molar-refractivity contribution in [3.63, 3.8) is 0 Å². The summed E-state index contributed by atoms with van der Waals surface area (Å²) >= 11 is 0. The first-order valence-electron chi connectivity index (χ1n) is 6.74. The van der Waals surface area contributed by atoms with E-state index in [0.717, 1.165) is 6.42 Å². The van der Waals surface area contributed by atoms with Crippen molar-refractivity contribution in [1.29, 1.82) is 0 Å². The second kappa shape index (κ2) is 6.39. The Labute approximate surface area is 115 Å². The first-order chi connectivity index (χ1) is 9.15. The molecular formula is C17H21NO. The van der Waals surface area contributed by atoms with Crippen LogP contribution in [0.15, 0.2) is 54.6 Å². The third kappa shape index (κ3) is 4.11. The summed E-state index contributed by atoms with van der Waals surface area (Å²) in [4.78, 5) is 0. The molecule has 2 atom stereocenters. The Balaban J connectivity index is 1.90. The fourth-order valence-electron chi connectivity index (χ4n) is 2.31. The molecule has 0 aliphatic heterocycles. The van der Waals surface area contributed by atoms with E-state index in [2.05, 4.69) is 43.4 Å². The van der Waals surface area contributed by atoms with Crippen LogP contribution in [0.25, 0.3) is 0 Å². The van der Waals surface area contributed by atoms with Gasteiger partial charge in [0.25, 0.3) is 0 Å². The quantitative estimate of drug-likeness (QED) is 0.854. The third-order valence-electron chi connectivity index (χ3n) is 3.31. The number of phenolic OH excluding ortho intramolecular Hbond substituents is 1. The molecule has 0 spiro atoms. The molecule has 0 fully saturated rings. The van der Waals surface area contributed by atoms with Gasteiger partial charge in [-0.15, -0.1) is 0 Å². The molecule has 19 heavy (non-hydrogen) atoms. The molecule has 0 heterocycles. The summed E-state index contributed by atoms with van der Waals surface area (Å²) in [5.41, 5.74) is 2.54. The van der Waals surface area contributed by atoms with Gasteiger partial charge < -0.3 is 10.4 Å². The summed E-state index contributed by atoms with van der Waals surface area (Å²) in [6.07, 6.45) is 0.956. The van der Waals surface area contributed by atoms with Crippen LogP contribution in [0, 0.1) is 0 Å². The highest BCUT2D eigenvalue weighted by molar-refractivity contribution is 5.26. The van der Waals surface area contributed by atoms with E-state index in [0.29, 0.717) is 17.8 Å². The van der Waals surface area contributed by atoms with Crippen LogP contribution in [0.2, 0.25) is 0 Å². The summed E-state index contributed by atoms with van der Waals surface area (Å²) in [5, 5.41) is 12.9. The SMILES string of the molecule is CC(Cc1ccc(O)cc1)N[C@H](C)c1ccccc1. The molecule has 0 aromatic heterocycles. The molecule has 2 aromatic rings. The zero-order chi connectivity index (χ0) is 13.7. The largest absolute Gasteiger partial charge is 0.508 e. The molecule has 0 saturated heterocycles. The van der Waals surface area contributed by atoms with Gasteiger partial charge >= 0.3 is 0 Å². The van der Waals surface area contributed by atoms with Crippen LogP contribution in [0.5, 0.6) is 5.75 Å². The predicted octanol–water partition coefficient (Wildman–Crippen LogP) is 3.67. The summed E-state index contributed by atoms with van der Waals surface area (Å²) < 4.78 is 0. The summed E-state index contributed by atoms with van der Waals surface area (Å²) in [5.74, 6) is 0.321. The molecular weight excluding hydrogens is 234 g/mol. The minimum Gasteiger partial charge on any atom is -0.508 e. The van der Waals surface area contributed by atoms with E-state index in [1.165, 1.54) is 11.1 Å². The number of benzene rings is 2. The molecule has 2 rings (SSSR count). The summed E-state index contributed by atoms with van der Waals surface area (Å²) in [7, 11) is 0. The van der Waals surface area contributed by atoms with Crippen LogP contribution in [0.3, 0.4) is 0 Å². The third-order valence-corrected chi connectivity index (χ3v) is 3.31. The number of phenols is 1. The maximum atomic E-state index is 9.27. The van der Waals surface area contributed by atoms with Crippen molar-refractivity contribution in [2.24, 2.45) is 0 Å². The van der Waals surface area contributed by atoms with Gasteiger partial charge in [0, 0.05) is 12.1 Å². The molecule has 0 bridgehead atoms. The van der Waals surface area contributed by atoms with Crippen molar-refractivity contribution in [2.45, 2.75) is 32.4 Å². The van der Waals surface area contributed by atoms with Crippen LogP contribution in [0.4, 0.5) is 0 Å². The van der Waals surface area contributed by atoms with Crippen LogP contribution < -0.4 is 5.32 Å². The fourth-order valence-corrected chi connectivity index (χ4v) is 2.31. The van der Waals surface area contributed by atoms with E-state index >= 15 is 0 Å². The minimum atomic E-state index is 0.321. The van der Waals surface area contributed by atoms with Gasteiger partial charge in [0.1, 0.15) is 5.75 Å². The molecule has 0 radical (unpaired) electrons. The lowest BCUT2D eigenvalue weighted by atomic mass is 10.0. The van der Waals surface area contributed by atoms with E-state index in [1.54, 1.807) is 12.1 Å². The molecule has 2 heteroatoms. The van der Waals surface area contributed by atoms with E-state index < -0.39 is 0 Å². The van der Waals surface area contributed by atoms with Gasteiger partial charge in [0.05, 0.1) is 0 Å². The Kier molecular flexibility index (Phi) is 4.58. The first-order valence-corrected chi connectivity index (χ1v) is 6.74. The average molecular weight is 255 g/mol. The molecule has 2 nitrogen and oxygen atoms in total. The van der Waals surface area contributed by atoms with Crippen molar-refractivity contribution in [2.75, 3.05) is 0 Å². The monoisotopic (exact) mass is 255 g/mol. The standard InChI is InChI=1S/C17H21NO/c1-13(12-15-8-10-17(19)11-9-15)18-14(2)16-6-4-3-5-7-16/h3-11,13-14,18-19H,12H2,1-2H3/t13?,14-/m1/s1. The summed E-state index contributed by atoms with van der Waals surface area (Å²) in [6.45, 7) is 4.37. The average Bonchev–Trinajstić information content (AvgIpc) is 2.42. The van der Waals surface area contributed by atoms with E-state index in [-0.39, 0.29) is 0 Å². The maximum absolute atomic E-state index is 9.27. The van der Waals surface area contributed by atoms with Gasteiger partial charge in [-0.2, -0.15) is 0 Å². The van der Waals surface area contributed by atoms with Gasteiger partial charge in [-0.3, -0.25) is 0 Å². The molecule has 0 saturated carbocycles. The maximum Gasteiger partial charge on any atom is 0.115 e. The van der Waals surface area contributed by atoms with Crippen LogP contribution in [-0.4, -0.2) is 11.1 Å².